The third-order valence-electron chi connectivity index (χ3n) is 4.25. The number of aryl methyl sites for hydroxylation is 1. The Morgan fingerprint density at radius 2 is 2.15 bits per heavy atom. The molecule has 1 aliphatic carbocycles. The van der Waals surface area contributed by atoms with E-state index in [1.807, 2.05) is 0 Å². The molecule has 0 radical (unpaired) electrons. The van der Waals surface area contributed by atoms with Gasteiger partial charge in [0.15, 0.2) is 0 Å². The molecule has 2 rings (SSSR count). The molecule has 1 aliphatic rings. The van der Waals surface area contributed by atoms with Gasteiger partial charge in [0.05, 0.1) is 0 Å². The summed E-state index contributed by atoms with van der Waals surface area (Å²) in [5, 5.41) is 4.33. The predicted molar refractivity (Wildman–Crippen MR) is 90.5 cm³/mol. The molecule has 0 bridgehead atoms. The SMILES string of the molecule is CCCNCc1ccc(SC2CCCC(C)C2)cc1C. The Labute approximate surface area is 128 Å². The first-order chi connectivity index (χ1) is 9.69. The first-order valence-corrected chi connectivity index (χ1v) is 9.04. The van der Waals surface area contributed by atoms with Crippen LogP contribution in [0.3, 0.4) is 0 Å². The molecule has 0 aromatic heterocycles. The van der Waals surface area contributed by atoms with E-state index >= 15 is 0 Å². The lowest BCUT2D eigenvalue weighted by Gasteiger charge is -2.26. The molecule has 2 atom stereocenters. The molecule has 0 aliphatic heterocycles. The van der Waals surface area contributed by atoms with Gasteiger partial charge in [-0.25, -0.2) is 0 Å². The second-order valence-electron chi connectivity index (χ2n) is 6.28. The molecular weight excluding hydrogens is 262 g/mol. The minimum atomic E-state index is 0.835. The third kappa shape index (κ3) is 4.82. The van der Waals surface area contributed by atoms with Gasteiger partial charge in [-0.2, -0.15) is 0 Å². The highest BCUT2D eigenvalue weighted by atomic mass is 32.2. The summed E-state index contributed by atoms with van der Waals surface area (Å²) in [5.74, 6) is 0.917. The molecule has 0 saturated heterocycles. The number of thioether (sulfide) groups is 1. The molecule has 0 amide bonds. The van der Waals surface area contributed by atoms with Crippen molar-refractivity contribution >= 4 is 11.8 Å². The second kappa shape index (κ2) is 8.09. The molecule has 2 unspecified atom stereocenters. The van der Waals surface area contributed by atoms with Gasteiger partial charge in [0.2, 0.25) is 0 Å². The summed E-state index contributed by atoms with van der Waals surface area (Å²) < 4.78 is 0. The van der Waals surface area contributed by atoms with Gasteiger partial charge in [0.1, 0.15) is 0 Å². The van der Waals surface area contributed by atoms with Crippen molar-refractivity contribution in [2.24, 2.45) is 5.92 Å². The zero-order valence-corrected chi connectivity index (χ0v) is 14.1. The van der Waals surface area contributed by atoms with Crippen LogP contribution in [0.5, 0.6) is 0 Å². The van der Waals surface area contributed by atoms with Crippen LogP contribution >= 0.6 is 11.8 Å². The number of hydrogen-bond donors (Lipinski definition) is 1. The summed E-state index contributed by atoms with van der Waals surface area (Å²) in [6, 6.07) is 7.01. The minimum absolute atomic E-state index is 0.835. The molecular formula is C18H29NS. The standard InChI is InChI=1S/C18H29NS/c1-4-10-19-13-16-8-9-18(12-15(16)3)20-17-7-5-6-14(2)11-17/h8-9,12,14,17,19H,4-7,10-11,13H2,1-3H3. The van der Waals surface area contributed by atoms with E-state index in [9.17, 15) is 0 Å². The summed E-state index contributed by atoms with van der Waals surface area (Å²) >= 11 is 2.10. The van der Waals surface area contributed by atoms with Gasteiger partial charge in [0.25, 0.3) is 0 Å². The average Bonchev–Trinajstić information content (AvgIpc) is 2.41. The topological polar surface area (TPSA) is 12.0 Å². The maximum absolute atomic E-state index is 3.49. The average molecular weight is 292 g/mol. The molecule has 112 valence electrons. The Bertz CT molecular complexity index is 416. The quantitative estimate of drug-likeness (QED) is 0.726. The van der Waals surface area contributed by atoms with Gasteiger partial charge in [0, 0.05) is 16.7 Å². The van der Waals surface area contributed by atoms with Crippen LogP contribution in [0.4, 0.5) is 0 Å². The van der Waals surface area contributed by atoms with Crippen molar-refractivity contribution in [1.29, 1.82) is 0 Å². The lowest BCUT2D eigenvalue weighted by atomic mass is 9.91. The minimum Gasteiger partial charge on any atom is -0.313 e. The van der Waals surface area contributed by atoms with Gasteiger partial charge in [-0.1, -0.05) is 32.8 Å². The van der Waals surface area contributed by atoms with Crippen LogP contribution in [-0.2, 0) is 6.54 Å². The van der Waals surface area contributed by atoms with Gasteiger partial charge >= 0.3 is 0 Å². The zero-order chi connectivity index (χ0) is 14.4. The van der Waals surface area contributed by atoms with Gasteiger partial charge in [-0.3, -0.25) is 0 Å². The van der Waals surface area contributed by atoms with Crippen LogP contribution in [0, 0.1) is 12.8 Å². The molecule has 1 aromatic rings. The van der Waals surface area contributed by atoms with E-state index in [2.05, 4.69) is 56.0 Å². The van der Waals surface area contributed by atoms with Crippen molar-refractivity contribution in [3.8, 4) is 0 Å². The molecule has 2 heteroatoms. The van der Waals surface area contributed by atoms with Gasteiger partial charge in [-0.05, 0) is 61.9 Å². The van der Waals surface area contributed by atoms with Crippen molar-refractivity contribution in [1.82, 2.24) is 5.32 Å². The van der Waals surface area contributed by atoms with Crippen LogP contribution in [0.1, 0.15) is 57.1 Å². The van der Waals surface area contributed by atoms with Crippen LogP contribution < -0.4 is 5.32 Å². The fourth-order valence-electron chi connectivity index (χ4n) is 3.02. The normalized spacial score (nSPS) is 22.9. The first-order valence-electron chi connectivity index (χ1n) is 8.16. The smallest absolute Gasteiger partial charge is 0.0208 e. The second-order valence-corrected chi connectivity index (χ2v) is 7.65. The summed E-state index contributed by atoms with van der Waals surface area (Å²) in [4.78, 5) is 1.46. The van der Waals surface area contributed by atoms with Gasteiger partial charge in [-0.15, -0.1) is 11.8 Å². The number of rotatable bonds is 6. The molecule has 0 heterocycles. The Kier molecular flexibility index (Phi) is 6.44. The number of hydrogen-bond acceptors (Lipinski definition) is 2. The lowest BCUT2D eigenvalue weighted by Crippen LogP contribution is -2.15. The van der Waals surface area contributed by atoms with Crippen molar-refractivity contribution < 1.29 is 0 Å². The first kappa shape index (κ1) is 15.9. The van der Waals surface area contributed by atoms with Crippen molar-refractivity contribution in [3.63, 3.8) is 0 Å². The van der Waals surface area contributed by atoms with Crippen LogP contribution in [0.15, 0.2) is 23.1 Å². The van der Waals surface area contributed by atoms with Crippen LogP contribution in [0.25, 0.3) is 0 Å². The van der Waals surface area contributed by atoms with E-state index in [1.165, 1.54) is 48.1 Å². The monoisotopic (exact) mass is 291 g/mol. The molecule has 1 saturated carbocycles. The largest absolute Gasteiger partial charge is 0.313 e. The van der Waals surface area contributed by atoms with Crippen molar-refractivity contribution in [3.05, 3.63) is 29.3 Å². The maximum atomic E-state index is 3.49. The predicted octanol–water partition coefficient (Wildman–Crippen LogP) is 5.17. The Balaban J connectivity index is 1.91. The zero-order valence-electron chi connectivity index (χ0n) is 13.2. The summed E-state index contributed by atoms with van der Waals surface area (Å²) in [7, 11) is 0. The lowest BCUT2D eigenvalue weighted by molar-refractivity contribution is 0.394. The molecule has 20 heavy (non-hydrogen) atoms. The van der Waals surface area contributed by atoms with E-state index in [1.54, 1.807) is 0 Å². The highest BCUT2D eigenvalue weighted by molar-refractivity contribution is 8.00. The molecule has 0 spiro atoms. The van der Waals surface area contributed by atoms with Crippen molar-refractivity contribution in [2.45, 2.75) is 69.6 Å². The van der Waals surface area contributed by atoms with E-state index < -0.39 is 0 Å². The van der Waals surface area contributed by atoms with E-state index in [0.29, 0.717) is 0 Å². The van der Waals surface area contributed by atoms with E-state index in [-0.39, 0.29) is 0 Å². The highest BCUT2D eigenvalue weighted by Crippen LogP contribution is 2.36. The molecule has 1 N–H and O–H groups in total. The summed E-state index contributed by atoms with van der Waals surface area (Å²) in [6.45, 7) is 8.97. The van der Waals surface area contributed by atoms with Gasteiger partial charge < -0.3 is 5.32 Å². The number of benzene rings is 1. The Hall–Kier alpha value is -0.470. The van der Waals surface area contributed by atoms with E-state index in [4.69, 9.17) is 0 Å². The van der Waals surface area contributed by atoms with Crippen molar-refractivity contribution in [2.75, 3.05) is 6.54 Å². The fourth-order valence-corrected chi connectivity index (χ4v) is 4.50. The van der Waals surface area contributed by atoms with E-state index in [0.717, 1.165) is 24.3 Å². The number of nitrogens with one attached hydrogen (secondary N) is 1. The summed E-state index contributed by atoms with van der Waals surface area (Å²) in [6.07, 6.45) is 6.83. The Morgan fingerprint density at radius 3 is 2.85 bits per heavy atom. The Morgan fingerprint density at radius 1 is 1.30 bits per heavy atom. The molecule has 1 fully saturated rings. The molecule has 1 nitrogen and oxygen atoms in total. The summed E-state index contributed by atoms with van der Waals surface area (Å²) in [5.41, 5.74) is 2.88. The van der Waals surface area contributed by atoms with Crippen LogP contribution in [0.2, 0.25) is 0 Å². The van der Waals surface area contributed by atoms with Crippen LogP contribution in [-0.4, -0.2) is 11.8 Å². The highest BCUT2D eigenvalue weighted by Gasteiger charge is 2.19. The molecule has 1 aromatic carbocycles. The third-order valence-corrected chi connectivity index (χ3v) is 5.53. The maximum Gasteiger partial charge on any atom is 0.0208 e. The fraction of sp³-hybridized carbons (Fsp3) is 0.667.